The van der Waals surface area contributed by atoms with Crippen LogP contribution in [-0.2, 0) is 0 Å². The van der Waals surface area contributed by atoms with Crippen molar-refractivity contribution in [2.24, 2.45) is 5.92 Å². The molecule has 0 amide bonds. The Hall–Kier alpha value is -1.36. The van der Waals surface area contributed by atoms with E-state index in [-0.39, 0.29) is 0 Å². The average molecular weight is 263 g/mol. The van der Waals surface area contributed by atoms with Crippen molar-refractivity contribution in [1.29, 1.82) is 0 Å². The van der Waals surface area contributed by atoms with Crippen LogP contribution in [0.3, 0.4) is 0 Å². The Kier molecular flexibility index (Phi) is 4.96. The second-order valence-corrected chi connectivity index (χ2v) is 5.47. The molecule has 0 bridgehead atoms. The highest BCUT2D eigenvalue weighted by atomic mass is 15.2. The van der Waals surface area contributed by atoms with E-state index in [1.807, 2.05) is 31.3 Å². The zero-order valence-corrected chi connectivity index (χ0v) is 12.3. The summed E-state index contributed by atoms with van der Waals surface area (Å²) >= 11 is 0. The molecule has 1 aliphatic heterocycles. The lowest BCUT2D eigenvalue weighted by atomic mass is 10.1. The lowest BCUT2D eigenvalue weighted by Crippen LogP contribution is -2.24. The van der Waals surface area contributed by atoms with Gasteiger partial charge in [-0.3, -0.25) is 0 Å². The number of nitrogens with zero attached hydrogens (tertiary/aromatic N) is 4. The van der Waals surface area contributed by atoms with E-state index in [0.717, 1.165) is 24.2 Å². The van der Waals surface area contributed by atoms with Gasteiger partial charge in [0.15, 0.2) is 0 Å². The molecular formula is C14H25N5. The number of nitrogens with one attached hydrogen (secondary N) is 1. The van der Waals surface area contributed by atoms with Crippen LogP contribution >= 0.6 is 0 Å². The molecule has 0 aliphatic carbocycles. The minimum atomic E-state index is 0.721. The van der Waals surface area contributed by atoms with E-state index in [0.29, 0.717) is 0 Å². The van der Waals surface area contributed by atoms with Gasteiger partial charge >= 0.3 is 0 Å². The van der Waals surface area contributed by atoms with Gasteiger partial charge in [0.25, 0.3) is 0 Å². The largest absolute Gasteiger partial charge is 0.363 e. The summed E-state index contributed by atoms with van der Waals surface area (Å²) < 4.78 is 0. The Morgan fingerprint density at radius 1 is 1.47 bits per heavy atom. The van der Waals surface area contributed by atoms with Crippen LogP contribution in [-0.4, -0.2) is 55.1 Å². The Morgan fingerprint density at radius 2 is 2.32 bits per heavy atom. The summed E-state index contributed by atoms with van der Waals surface area (Å²) in [5, 5.41) is 3.37. The smallest absolute Gasteiger partial charge is 0.224 e. The summed E-state index contributed by atoms with van der Waals surface area (Å²) in [4.78, 5) is 13.3. The zero-order chi connectivity index (χ0) is 13.7. The predicted octanol–water partition coefficient (Wildman–Crippen LogP) is 1.69. The van der Waals surface area contributed by atoms with E-state index in [1.165, 1.54) is 32.5 Å². The van der Waals surface area contributed by atoms with Gasteiger partial charge in [-0.2, -0.15) is 4.98 Å². The highest BCUT2D eigenvalue weighted by molar-refractivity contribution is 5.40. The Morgan fingerprint density at radius 3 is 3.05 bits per heavy atom. The third-order valence-corrected chi connectivity index (χ3v) is 3.56. The van der Waals surface area contributed by atoms with Gasteiger partial charge in [-0.25, -0.2) is 4.98 Å². The first-order valence-corrected chi connectivity index (χ1v) is 7.15. The molecule has 19 heavy (non-hydrogen) atoms. The van der Waals surface area contributed by atoms with E-state index in [1.54, 1.807) is 0 Å². The van der Waals surface area contributed by atoms with Gasteiger partial charge in [0.2, 0.25) is 5.95 Å². The van der Waals surface area contributed by atoms with Gasteiger partial charge in [0.05, 0.1) is 0 Å². The van der Waals surface area contributed by atoms with Gasteiger partial charge in [0, 0.05) is 33.4 Å². The van der Waals surface area contributed by atoms with Crippen LogP contribution in [0, 0.1) is 5.92 Å². The van der Waals surface area contributed by atoms with Crippen LogP contribution in [0.2, 0.25) is 0 Å². The molecule has 2 rings (SSSR count). The molecular weight excluding hydrogens is 238 g/mol. The zero-order valence-electron chi connectivity index (χ0n) is 12.3. The lowest BCUT2D eigenvalue weighted by molar-refractivity contribution is 0.327. The van der Waals surface area contributed by atoms with Crippen molar-refractivity contribution in [2.75, 3.05) is 50.5 Å². The van der Waals surface area contributed by atoms with Crippen molar-refractivity contribution < 1.29 is 0 Å². The molecule has 1 aliphatic rings. The molecule has 1 atom stereocenters. The fraction of sp³-hybridized carbons (Fsp3) is 0.714. The molecule has 1 fully saturated rings. The number of rotatable bonds is 6. The number of likely N-dealkylation sites (tertiary alicyclic amines) is 1. The summed E-state index contributed by atoms with van der Waals surface area (Å²) in [5.74, 6) is 2.40. The standard InChI is InChI=1S/C14H25N5/c1-4-8-19-9-6-12(11-19)10-16-14-15-7-5-13(17-14)18(2)3/h5,7,12H,4,6,8-11H2,1-3H3,(H,15,16,17)/t12-/m1/s1. The highest BCUT2D eigenvalue weighted by Crippen LogP contribution is 2.17. The van der Waals surface area contributed by atoms with Gasteiger partial charge in [0.1, 0.15) is 5.82 Å². The summed E-state index contributed by atoms with van der Waals surface area (Å²) in [6.07, 6.45) is 4.33. The van der Waals surface area contributed by atoms with Crippen molar-refractivity contribution in [3.05, 3.63) is 12.3 Å². The van der Waals surface area contributed by atoms with Crippen LogP contribution < -0.4 is 10.2 Å². The minimum Gasteiger partial charge on any atom is -0.363 e. The minimum absolute atomic E-state index is 0.721. The number of hydrogen-bond acceptors (Lipinski definition) is 5. The molecule has 0 saturated carbocycles. The fourth-order valence-corrected chi connectivity index (χ4v) is 2.52. The third kappa shape index (κ3) is 4.06. The second-order valence-electron chi connectivity index (χ2n) is 5.47. The maximum Gasteiger partial charge on any atom is 0.224 e. The molecule has 0 unspecified atom stereocenters. The molecule has 5 heteroatoms. The fourth-order valence-electron chi connectivity index (χ4n) is 2.52. The Balaban J connectivity index is 1.81. The maximum absolute atomic E-state index is 4.48. The van der Waals surface area contributed by atoms with E-state index in [4.69, 9.17) is 0 Å². The monoisotopic (exact) mass is 263 g/mol. The molecule has 0 aromatic carbocycles. The number of aromatic nitrogens is 2. The van der Waals surface area contributed by atoms with Gasteiger partial charge in [-0.1, -0.05) is 6.92 Å². The number of hydrogen-bond donors (Lipinski definition) is 1. The second kappa shape index (κ2) is 6.70. The normalized spacial score (nSPS) is 19.6. The van der Waals surface area contributed by atoms with Gasteiger partial charge < -0.3 is 15.1 Å². The average Bonchev–Trinajstić information content (AvgIpc) is 2.85. The SMILES string of the molecule is CCCN1CC[C@H](CNc2nccc(N(C)C)n2)C1. The van der Waals surface area contributed by atoms with Crippen LogP contribution in [0.4, 0.5) is 11.8 Å². The molecule has 1 N–H and O–H groups in total. The highest BCUT2D eigenvalue weighted by Gasteiger charge is 2.21. The van der Waals surface area contributed by atoms with Crippen molar-refractivity contribution in [2.45, 2.75) is 19.8 Å². The van der Waals surface area contributed by atoms with Gasteiger partial charge in [-0.15, -0.1) is 0 Å². The van der Waals surface area contributed by atoms with Crippen molar-refractivity contribution in [3.8, 4) is 0 Å². The van der Waals surface area contributed by atoms with E-state index in [2.05, 4.69) is 27.1 Å². The topological polar surface area (TPSA) is 44.3 Å². The summed E-state index contributed by atoms with van der Waals surface area (Å²) in [6, 6.07) is 1.92. The van der Waals surface area contributed by atoms with Crippen molar-refractivity contribution in [3.63, 3.8) is 0 Å². The number of anilines is 2. The first kappa shape index (κ1) is 14.1. The van der Waals surface area contributed by atoms with Crippen LogP contribution in [0.25, 0.3) is 0 Å². The molecule has 1 aromatic rings. The van der Waals surface area contributed by atoms with E-state index < -0.39 is 0 Å². The summed E-state index contributed by atoms with van der Waals surface area (Å²) in [6.45, 7) is 6.87. The first-order valence-electron chi connectivity index (χ1n) is 7.15. The predicted molar refractivity (Wildman–Crippen MR) is 79.7 cm³/mol. The van der Waals surface area contributed by atoms with Crippen LogP contribution in [0.5, 0.6) is 0 Å². The van der Waals surface area contributed by atoms with Crippen molar-refractivity contribution >= 4 is 11.8 Å². The molecule has 2 heterocycles. The maximum atomic E-state index is 4.48. The van der Waals surface area contributed by atoms with Gasteiger partial charge in [-0.05, 0) is 37.9 Å². The summed E-state index contributed by atoms with van der Waals surface area (Å²) in [5.41, 5.74) is 0. The lowest BCUT2D eigenvalue weighted by Gasteiger charge is -2.16. The van der Waals surface area contributed by atoms with E-state index in [9.17, 15) is 0 Å². The molecule has 1 aromatic heterocycles. The molecule has 0 radical (unpaired) electrons. The Labute approximate surface area is 116 Å². The third-order valence-electron chi connectivity index (χ3n) is 3.56. The molecule has 5 nitrogen and oxygen atoms in total. The first-order chi connectivity index (χ1) is 9.19. The quantitative estimate of drug-likeness (QED) is 0.846. The van der Waals surface area contributed by atoms with Crippen molar-refractivity contribution in [1.82, 2.24) is 14.9 Å². The molecule has 106 valence electrons. The van der Waals surface area contributed by atoms with Crippen LogP contribution in [0.15, 0.2) is 12.3 Å². The summed E-state index contributed by atoms with van der Waals surface area (Å²) in [7, 11) is 3.98. The molecule has 0 spiro atoms. The Bertz CT molecular complexity index is 393. The van der Waals surface area contributed by atoms with E-state index >= 15 is 0 Å². The van der Waals surface area contributed by atoms with Crippen LogP contribution in [0.1, 0.15) is 19.8 Å². The molecule has 1 saturated heterocycles.